The Morgan fingerprint density at radius 3 is 1.93 bits per heavy atom. The van der Waals surface area contributed by atoms with Crippen molar-refractivity contribution in [2.45, 2.75) is 267 Å². The average molecular weight is 1390 g/mol. The fourth-order valence-electron chi connectivity index (χ4n) is 17.6. The third kappa shape index (κ3) is 13.9. The summed E-state index contributed by atoms with van der Waals surface area (Å²) in [4.78, 5) is 27.6. The van der Waals surface area contributed by atoms with Crippen LogP contribution in [-0.2, 0) is 100 Å². The first-order valence-electron chi connectivity index (χ1n) is 31.9. The molecule has 31 atom stereocenters. The van der Waals surface area contributed by atoms with E-state index in [1.165, 1.54) is 21.0 Å². The maximum Gasteiger partial charge on any atom is 0.397 e. The summed E-state index contributed by atoms with van der Waals surface area (Å²) in [6, 6.07) is 0. The Morgan fingerprint density at radius 2 is 1.28 bits per heavy atom. The van der Waals surface area contributed by atoms with Crippen LogP contribution in [0, 0.1) is 39.4 Å². The van der Waals surface area contributed by atoms with Crippen LogP contribution in [0.15, 0.2) is 23.3 Å². The number of methoxy groups -OCH3 is 1. The number of ether oxygens (including phenoxy) is 13. The van der Waals surface area contributed by atoms with Crippen LogP contribution in [-0.4, -0.2) is 270 Å². The Balaban J connectivity index is 0.926. The maximum absolute atomic E-state index is 14.8. The second-order valence-electron chi connectivity index (χ2n) is 28.5. The van der Waals surface area contributed by atoms with Crippen molar-refractivity contribution in [1.82, 2.24) is 0 Å². The number of carbonyl (C=O) groups excluding carboxylic acids is 2. The van der Waals surface area contributed by atoms with Crippen molar-refractivity contribution >= 4 is 32.7 Å². The van der Waals surface area contributed by atoms with Crippen LogP contribution in [0.2, 0.25) is 0 Å². The van der Waals surface area contributed by atoms with Crippen molar-refractivity contribution in [1.29, 1.82) is 0 Å². The van der Waals surface area contributed by atoms with Gasteiger partial charge in [0.15, 0.2) is 31.5 Å². The molecule has 11 N–H and O–H groups in total. The van der Waals surface area contributed by atoms with Gasteiger partial charge in [-0.25, -0.2) is 8.37 Å². The Hall–Kier alpha value is -2.64. The number of carbonyl (C=O) groups is 2. The lowest BCUT2D eigenvalue weighted by molar-refractivity contribution is -0.402. The first kappa shape index (κ1) is 74.1. The van der Waals surface area contributed by atoms with Crippen LogP contribution in [0.4, 0.5) is 0 Å². The molecule has 0 aromatic carbocycles. The van der Waals surface area contributed by atoms with Crippen LogP contribution in [0.5, 0.6) is 0 Å². The summed E-state index contributed by atoms with van der Waals surface area (Å²) in [5.74, 6) is -1.28. The summed E-state index contributed by atoms with van der Waals surface area (Å²) in [7, 11) is -9.36. The maximum atomic E-state index is 14.8. The molecule has 94 heavy (non-hydrogen) atoms. The molecule has 0 aromatic rings. The molecule has 0 amide bonds. The van der Waals surface area contributed by atoms with Gasteiger partial charge in [-0.15, -0.1) is 0 Å². The highest BCUT2D eigenvalue weighted by atomic mass is 32.3. The molecule has 9 fully saturated rings. The molecule has 34 heteroatoms. The molecule has 538 valence electrons. The normalized spacial score (nSPS) is 48.7. The van der Waals surface area contributed by atoms with Crippen molar-refractivity contribution in [2.75, 3.05) is 33.5 Å². The number of aliphatic hydroxyl groups excluding tert-OH is 9. The topological polar surface area (TPSA) is 463 Å². The second kappa shape index (κ2) is 27.7. The molecule has 1 spiro atoms. The highest BCUT2D eigenvalue weighted by Crippen LogP contribution is 2.77. The Morgan fingerprint density at radius 1 is 0.660 bits per heavy atom. The highest BCUT2D eigenvalue weighted by Gasteiger charge is 2.79. The molecule has 0 bridgehead atoms. The van der Waals surface area contributed by atoms with Gasteiger partial charge in [0, 0.05) is 19.4 Å². The zero-order valence-corrected chi connectivity index (χ0v) is 55.7. The molecule has 10 aliphatic rings. The van der Waals surface area contributed by atoms with E-state index in [0.717, 1.165) is 11.1 Å². The van der Waals surface area contributed by atoms with Crippen molar-refractivity contribution in [3.05, 3.63) is 23.3 Å². The fraction of sp³-hybridized carbons (Fsp3) is 0.900. The van der Waals surface area contributed by atoms with Crippen LogP contribution in [0.1, 0.15) is 114 Å². The molecule has 0 radical (unpaired) electrons. The minimum Gasteiger partial charge on any atom is -0.462 e. The monoisotopic (exact) mass is 1390 g/mol. The van der Waals surface area contributed by atoms with Crippen LogP contribution < -0.4 is 0 Å². The summed E-state index contributed by atoms with van der Waals surface area (Å²) in [6.07, 6.45) is -33.5. The van der Waals surface area contributed by atoms with Crippen LogP contribution >= 0.6 is 0 Å². The summed E-state index contributed by atoms with van der Waals surface area (Å²) >= 11 is 0. The van der Waals surface area contributed by atoms with E-state index in [2.05, 4.69) is 30.2 Å². The first-order chi connectivity index (χ1) is 43.8. The number of allylic oxidation sites excluding steroid dienone is 4. The van der Waals surface area contributed by atoms with Crippen molar-refractivity contribution < 1.29 is 151 Å². The molecule has 3 saturated carbocycles. The van der Waals surface area contributed by atoms with E-state index in [0.29, 0.717) is 51.4 Å². The first-order valence-corrected chi connectivity index (χ1v) is 34.6. The van der Waals surface area contributed by atoms with E-state index in [9.17, 15) is 81.5 Å². The second-order valence-corrected chi connectivity index (χ2v) is 30.6. The molecule has 31 unspecified atom stereocenters. The van der Waals surface area contributed by atoms with Gasteiger partial charge < -0.3 is 108 Å². The van der Waals surface area contributed by atoms with Gasteiger partial charge in [-0.2, -0.15) is 16.8 Å². The Labute approximate surface area is 545 Å². The summed E-state index contributed by atoms with van der Waals surface area (Å²) in [5.41, 5.74) is -1.52. The van der Waals surface area contributed by atoms with Crippen LogP contribution in [0.3, 0.4) is 0 Å². The molecule has 6 saturated heterocycles. The molecule has 6 aliphatic heterocycles. The Bertz CT molecular complexity index is 3000. The predicted octanol–water partition coefficient (Wildman–Crippen LogP) is -1.09. The average Bonchev–Trinajstić information content (AvgIpc) is 1.47. The van der Waals surface area contributed by atoms with Crippen molar-refractivity contribution in [3.8, 4) is 0 Å². The van der Waals surface area contributed by atoms with Crippen molar-refractivity contribution in [2.24, 2.45) is 39.4 Å². The summed E-state index contributed by atoms with van der Waals surface area (Å²) in [6.45, 7) is 14.1. The molecule has 10 rings (SSSR count). The molecule has 4 aliphatic carbocycles. The minimum absolute atomic E-state index is 0.0379. The third-order valence-electron chi connectivity index (χ3n) is 22.1. The lowest BCUT2D eigenvalue weighted by Gasteiger charge is -2.64. The number of rotatable bonds is 20. The van der Waals surface area contributed by atoms with E-state index >= 15 is 0 Å². The van der Waals surface area contributed by atoms with Gasteiger partial charge in [0.1, 0.15) is 109 Å². The van der Waals surface area contributed by atoms with Gasteiger partial charge in [0.05, 0.1) is 50.0 Å². The third-order valence-corrected chi connectivity index (χ3v) is 23.0. The smallest absolute Gasteiger partial charge is 0.397 e. The summed E-state index contributed by atoms with van der Waals surface area (Å²) < 4.78 is 156. The van der Waals surface area contributed by atoms with Gasteiger partial charge in [-0.1, -0.05) is 51.0 Å². The standard InChI is InChI=1S/C60H94O32S2/c1-25(2)12-11-17-59(9)49-32(84-27(4)61)20-58(8)29-13-14-35-56(5,6)36(16-18-57(35,7)28(29)15-19-60(49,58)55(71)91-59)86-53-47(39(66)34(23-81-53)92-94(75,76)77)90-54-48(89-50-40(67)37(64)30(62)21-79-50)41(68)44(26(3)83-54)87-52-43(70)46(38(65)33(85-52)24-82-93(72,73)74)88-51-42(69)45(78-10)31(63)22-80-51/h12-13,26,28,30-54,62-70H,11,14-24H2,1-10H3,(H,72,73,74)(H,75,76,77). The number of aliphatic hydroxyl groups is 9. The van der Waals surface area contributed by atoms with E-state index < -0.39 is 234 Å². The van der Waals surface area contributed by atoms with Gasteiger partial charge in [0.25, 0.3) is 0 Å². The quantitative estimate of drug-likeness (QED) is 0.0392. The predicted molar refractivity (Wildman–Crippen MR) is 313 cm³/mol. The highest BCUT2D eigenvalue weighted by molar-refractivity contribution is 7.81. The van der Waals surface area contributed by atoms with Gasteiger partial charge in [-0.05, 0) is 102 Å². The zero-order valence-electron chi connectivity index (χ0n) is 54.0. The van der Waals surface area contributed by atoms with Gasteiger partial charge in [-0.3, -0.25) is 18.7 Å². The fourth-order valence-corrected chi connectivity index (χ4v) is 18.4. The lowest BCUT2D eigenvalue weighted by atomic mass is 9.41. The minimum atomic E-state index is -5.31. The number of hydrogen-bond donors (Lipinski definition) is 11. The van der Waals surface area contributed by atoms with E-state index in [4.69, 9.17) is 65.8 Å². The molecule has 0 aromatic heterocycles. The van der Waals surface area contributed by atoms with E-state index in [1.807, 2.05) is 34.6 Å². The Kier molecular flexibility index (Phi) is 21.8. The van der Waals surface area contributed by atoms with Crippen molar-refractivity contribution in [3.63, 3.8) is 0 Å². The zero-order chi connectivity index (χ0) is 68.9. The number of esters is 2. The summed E-state index contributed by atoms with van der Waals surface area (Å²) in [5, 5.41) is 102. The van der Waals surface area contributed by atoms with Gasteiger partial charge >= 0.3 is 32.7 Å². The number of hydrogen-bond acceptors (Lipinski definition) is 30. The van der Waals surface area contributed by atoms with Crippen LogP contribution in [0.25, 0.3) is 0 Å². The largest absolute Gasteiger partial charge is 0.462 e. The van der Waals surface area contributed by atoms with Gasteiger partial charge in [0.2, 0.25) is 0 Å². The number of fused-ring (bicyclic) bond motifs is 4. The molecule has 6 heterocycles. The number of cyclic esters (lactones) is 1. The molecule has 32 nitrogen and oxygen atoms in total. The van der Waals surface area contributed by atoms with E-state index in [1.54, 1.807) is 0 Å². The van der Waals surface area contributed by atoms with E-state index in [-0.39, 0.29) is 17.8 Å². The lowest BCUT2D eigenvalue weighted by Crippen LogP contribution is -2.67. The molecular weight excluding hydrogens is 1300 g/mol. The molecular formula is C60H94O32S2. The SMILES string of the molecule is COC1C(O)COC(OC2C(O)C(COS(=O)(=O)O)OC(OC3C(C)OC(OC4C(OC5CCC6(C)C7CCC89C(=O)OC(C)(CCC=C(C)C)C8C(OC(C)=O)CC9(C)C7=CCC6C5(C)C)OCC(OS(=O)(=O)O)C4O)C(OC4OCC(O)C(O)C4O)C3O)C2O)C1O.